The molecule has 1 aliphatic heterocycles. The maximum Gasteiger partial charge on any atom is 0.199 e. The van der Waals surface area contributed by atoms with Crippen LogP contribution in [-0.4, -0.2) is 12.3 Å². The van der Waals surface area contributed by atoms with Gasteiger partial charge in [-0.3, -0.25) is 4.79 Å². The third kappa shape index (κ3) is 2.07. The minimum Gasteiger partial charge on any atom is -0.385 e. The van der Waals surface area contributed by atoms with E-state index in [2.05, 4.69) is 5.32 Å². The van der Waals surface area contributed by atoms with E-state index >= 15 is 0 Å². The highest BCUT2D eigenvalue weighted by atomic mass is 19.1. The molecule has 0 saturated carbocycles. The minimum absolute atomic E-state index is 0.374. The molecule has 0 fully saturated rings. The van der Waals surface area contributed by atoms with Crippen LogP contribution >= 0.6 is 0 Å². The molecule has 0 aliphatic carbocycles. The van der Waals surface area contributed by atoms with E-state index in [0.717, 1.165) is 42.8 Å². The monoisotopic (exact) mass is 273 g/mol. The highest BCUT2D eigenvalue weighted by Gasteiger charge is 2.23. The van der Waals surface area contributed by atoms with E-state index < -0.39 is 23.0 Å². The Bertz CT molecular complexity index is 662. The Balaban J connectivity index is 2.12. The summed E-state index contributed by atoms with van der Waals surface area (Å²) in [6.45, 7) is 0.846. The quantitative estimate of drug-likeness (QED) is 0.848. The lowest BCUT2D eigenvalue weighted by atomic mass is 9.92. The van der Waals surface area contributed by atoms with Gasteiger partial charge in [0.05, 0.1) is 5.56 Å². The molecule has 0 bridgehead atoms. The fourth-order valence-electron chi connectivity index (χ4n) is 2.57. The van der Waals surface area contributed by atoms with Gasteiger partial charge in [-0.25, -0.2) is 8.78 Å². The van der Waals surface area contributed by atoms with E-state index in [4.69, 9.17) is 0 Å². The second kappa shape index (κ2) is 5.04. The number of hydrogen-bond acceptors (Lipinski definition) is 2. The van der Waals surface area contributed by atoms with Gasteiger partial charge in [0.1, 0.15) is 11.6 Å². The first-order valence-corrected chi connectivity index (χ1v) is 6.53. The van der Waals surface area contributed by atoms with Gasteiger partial charge in [-0.15, -0.1) is 0 Å². The molecule has 0 aromatic heterocycles. The predicted molar refractivity (Wildman–Crippen MR) is 73.0 cm³/mol. The fraction of sp³-hybridized carbons (Fsp3) is 0.188. The van der Waals surface area contributed by atoms with Crippen LogP contribution in [0.25, 0.3) is 0 Å². The number of halogens is 2. The summed E-state index contributed by atoms with van der Waals surface area (Å²) in [6.07, 6.45) is 1.64. The van der Waals surface area contributed by atoms with Crippen molar-refractivity contribution in [3.8, 4) is 0 Å². The van der Waals surface area contributed by atoms with Crippen molar-refractivity contribution in [1.82, 2.24) is 0 Å². The summed E-state index contributed by atoms with van der Waals surface area (Å²) in [6, 6.07) is 8.68. The molecular formula is C16H13F2NO. The molecule has 1 aliphatic rings. The van der Waals surface area contributed by atoms with E-state index in [1.807, 2.05) is 6.07 Å². The maximum atomic E-state index is 13.7. The number of nitrogens with one attached hydrogen (secondary N) is 1. The Hall–Kier alpha value is -2.23. The molecule has 0 saturated heterocycles. The van der Waals surface area contributed by atoms with Crippen molar-refractivity contribution in [3.63, 3.8) is 0 Å². The summed E-state index contributed by atoms with van der Waals surface area (Å²) in [4.78, 5) is 12.5. The van der Waals surface area contributed by atoms with E-state index in [0.29, 0.717) is 5.56 Å². The summed E-state index contributed by atoms with van der Waals surface area (Å²) < 4.78 is 27.5. The zero-order chi connectivity index (χ0) is 14.1. The number of carbonyl (C=O) groups excluding carboxylic acids is 1. The molecule has 2 nitrogen and oxygen atoms in total. The third-order valence-corrected chi connectivity index (χ3v) is 3.53. The number of benzene rings is 2. The van der Waals surface area contributed by atoms with Gasteiger partial charge in [0.2, 0.25) is 0 Å². The van der Waals surface area contributed by atoms with E-state index in [9.17, 15) is 13.6 Å². The van der Waals surface area contributed by atoms with Crippen molar-refractivity contribution in [2.75, 3.05) is 11.9 Å². The molecule has 20 heavy (non-hydrogen) atoms. The van der Waals surface area contributed by atoms with Gasteiger partial charge in [0, 0.05) is 17.8 Å². The minimum atomic E-state index is -0.823. The van der Waals surface area contributed by atoms with Crippen molar-refractivity contribution in [2.45, 2.75) is 12.8 Å². The molecule has 0 radical (unpaired) electrons. The van der Waals surface area contributed by atoms with E-state index in [1.165, 1.54) is 6.07 Å². The maximum absolute atomic E-state index is 13.7. The Morgan fingerprint density at radius 2 is 1.75 bits per heavy atom. The van der Waals surface area contributed by atoms with Crippen LogP contribution in [0.3, 0.4) is 0 Å². The summed E-state index contributed by atoms with van der Waals surface area (Å²) in [5.74, 6) is -2.24. The summed E-state index contributed by atoms with van der Waals surface area (Å²) >= 11 is 0. The Morgan fingerprint density at radius 1 is 1.05 bits per heavy atom. The second-order valence-corrected chi connectivity index (χ2v) is 4.79. The zero-order valence-corrected chi connectivity index (χ0v) is 10.7. The number of rotatable bonds is 2. The SMILES string of the molecule is O=C(c1cccc2c1CCCN2)c1c(F)cccc1F. The molecule has 102 valence electrons. The zero-order valence-electron chi connectivity index (χ0n) is 10.7. The number of ketones is 1. The molecular weight excluding hydrogens is 260 g/mol. The van der Waals surface area contributed by atoms with E-state index in [-0.39, 0.29) is 0 Å². The number of carbonyl (C=O) groups is 1. The van der Waals surface area contributed by atoms with Gasteiger partial charge in [-0.05, 0) is 36.6 Å². The van der Waals surface area contributed by atoms with Crippen LogP contribution < -0.4 is 5.32 Å². The molecule has 2 aromatic carbocycles. The first-order chi connectivity index (χ1) is 9.68. The van der Waals surface area contributed by atoms with E-state index in [1.54, 1.807) is 12.1 Å². The van der Waals surface area contributed by atoms with Crippen molar-refractivity contribution >= 4 is 11.5 Å². The van der Waals surface area contributed by atoms with Gasteiger partial charge >= 0.3 is 0 Å². The molecule has 4 heteroatoms. The molecule has 1 N–H and O–H groups in total. The van der Waals surface area contributed by atoms with Crippen LogP contribution in [0.2, 0.25) is 0 Å². The first-order valence-electron chi connectivity index (χ1n) is 6.53. The van der Waals surface area contributed by atoms with Crippen molar-refractivity contribution in [2.24, 2.45) is 0 Å². The van der Waals surface area contributed by atoms with Crippen LogP contribution in [-0.2, 0) is 6.42 Å². The number of fused-ring (bicyclic) bond motifs is 1. The highest BCUT2D eigenvalue weighted by molar-refractivity contribution is 6.11. The molecule has 3 rings (SSSR count). The van der Waals surface area contributed by atoms with Crippen LogP contribution in [0, 0.1) is 11.6 Å². The second-order valence-electron chi connectivity index (χ2n) is 4.79. The topological polar surface area (TPSA) is 29.1 Å². The van der Waals surface area contributed by atoms with Crippen LogP contribution in [0.1, 0.15) is 27.9 Å². The smallest absolute Gasteiger partial charge is 0.199 e. The third-order valence-electron chi connectivity index (χ3n) is 3.53. The Labute approximate surface area is 115 Å². The summed E-state index contributed by atoms with van der Waals surface area (Å²) in [5, 5.41) is 3.20. The fourth-order valence-corrected chi connectivity index (χ4v) is 2.57. The average Bonchev–Trinajstić information content (AvgIpc) is 2.46. The predicted octanol–water partition coefficient (Wildman–Crippen LogP) is 3.55. The number of anilines is 1. The molecule has 0 spiro atoms. The van der Waals surface area contributed by atoms with Crippen LogP contribution in [0.5, 0.6) is 0 Å². The Kier molecular flexibility index (Phi) is 3.22. The van der Waals surface area contributed by atoms with Crippen molar-refractivity contribution in [3.05, 3.63) is 64.7 Å². The molecule has 0 amide bonds. The largest absolute Gasteiger partial charge is 0.385 e. The Morgan fingerprint density at radius 3 is 2.50 bits per heavy atom. The lowest BCUT2D eigenvalue weighted by Crippen LogP contribution is -2.17. The van der Waals surface area contributed by atoms with Crippen LogP contribution in [0.4, 0.5) is 14.5 Å². The van der Waals surface area contributed by atoms with Gasteiger partial charge in [0.15, 0.2) is 5.78 Å². The lowest BCUT2D eigenvalue weighted by molar-refractivity contribution is 0.103. The highest BCUT2D eigenvalue weighted by Crippen LogP contribution is 2.28. The first kappa shape index (κ1) is 12.8. The van der Waals surface area contributed by atoms with Crippen molar-refractivity contribution < 1.29 is 13.6 Å². The molecule has 0 atom stereocenters. The molecule has 0 unspecified atom stereocenters. The molecule has 2 aromatic rings. The lowest BCUT2D eigenvalue weighted by Gasteiger charge is -2.20. The molecule has 1 heterocycles. The van der Waals surface area contributed by atoms with Gasteiger partial charge < -0.3 is 5.32 Å². The summed E-state index contributed by atoms with van der Waals surface area (Å²) in [5.41, 5.74) is 1.61. The van der Waals surface area contributed by atoms with Gasteiger partial charge in [-0.2, -0.15) is 0 Å². The van der Waals surface area contributed by atoms with Crippen LogP contribution in [0.15, 0.2) is 36.4 Å². The normalized spacial score (nSPS) is 13.5. The number of hydrogen-bond donors (Lipinski definition) is 1. The van der Waals surface area contributed by atoms with Gasteiger partial charge in [-0.1, -0.05) is 18.2 Å². The van der Waals surface area contributed by atoms with Gasteiger partial charge in [0.25, 0.3) is 0 Å². The summed E-state index contributed by atoms with van der Waals surface area (Å²) in [7, 11) is 0. The van der Waals surface area contributed by atoms with Crippen molar-refractivity contribution in [1.29, 1.82) is 0 Å². The average molecular weight is 273 g/mol. The standard InChI is InChI=1S/C16H13F2NO/c17-12-6-2-7-13(18)15(12)16(20)11-4-1-8-14-10(11)5-3-9-19-14/h1-2,4,6-8,19H,3,5,9H2.